The molecule has 0 aromatic heterocycles. The Morgan fingerprint density at radius 3 is 2.25 bits per heavy atom. The minimum absolute atomic E-state index is 0.170. The average Bonchev–Trinajstić information content (AvgIpc) is 3.00. The number of aryl methyl sites for hydroxylation is 1. The van der Waals surface area contributed by atoms with E-state index in [1.54, 1.807) is 0 Å². The Labute approximate surface area is 239 Å². The van der Waals surface area contributed by atoms with Gasteiger partial charge in [0.1, 0.15) is 5.75 Å². The second-order valence-electron chi connectivity index (χ2n) is 10.0. The largest absolute Gasteiger partial charge is 0.493 e. The van der Waals surface area contributed by atoms with Crippen molar-refractivity contribution in [2.24, 2.45) is 5.92 Å². The lowest BCUT2D eigenvalue weighted by Crippen LogP contribution is -2.05. The van der Waals surface area contributed by atoms with Gasteiger partial charge in [-0.2, -0.15) is 0 Å². The highest BCUT2D eigenvalue weighted by Gasteiger charge is 2.11. The molecule has 0 amide bonds. The van der Waals surface area contributed by atoms with Gasteiger partial charge in [0, 0.05) is 12.0 Å². The van der Waals surface area contributed by atoms with Crippen molar-refractivity contribution in [1.82, 2.24) is 0 Å². The van der Waals surface area contributed by atoms with Crippen molar-refractivity contribution >= 4 is 18.0 Å². The zero-order valence-corrected chi connectivity index (χ0v) is 23.8. The van der Waals surface area contributed by atoms with Crippen LogP contribution in [0.5, 0.6) is 5.75 Å². The molecule has 5 nitrogen and oxygen atoms in total. The summed E-state index contributed by atoms with van der Waals surface area (Å²) < 4.78 is 15.8. The summed E-state index contributed by atoms with van der Waals surface area (Å²) in [5.74, 6) is 0.664. The Hall–Kier alpha value is -3.86. The first-order chi connectivity index (χ1) is 19.6. The minimum Gasteiger partial charge on any atom is -0.493 e. The molecule has 0 aliphatic rings. The maximum absolute atomic E-state index is 11.8. The molecule has 0 heterocycles. The lowest BCUT2D eigenvalue weighted by molar-refractivity contribution is -0.140. The zero-order valence-electron chi connectivity index (χ0n) is 23.8. The van der Waals surface area contributed by atoms with Crippen molar-refractivity contribution in [2.45, 2.75) is 57.8 Å². The third-order valence-corrected chi connectivity index (χ3v) is 6.98. The summed E-state index contributed by atoms with van der Waals surface area (Å²) in [6.45, 7) is 0.698. The highest BCUT2D eigenvalue weighted by molar-refractivity contribution is 5.89. The molecule has 0 N–H and O–H groups in total. The Balaban J connectivity index is 1.57. The van der Waals surface area contributed by atoms with E-state index in [0.717, 1.165) is 68.2 Å². The third kappa shape index (κ3) is 11.1. The van der Waals surface area contributed by atoms with Crippen molar-refractivity contribution < 1.29 is 23.8 Å². The Kier molecular flexibility index (Phi) is 13.6. The lowest BCUT2D eigenvalue weighted by Gasteiger charge is -2.14. The monoisotopic (exact) mass is 542 g/mol. The van der Waals surface area contributed by atoms with Crippen LogP contribution in [0, 0.1) is 5.92 Å². The van der Waals surface area contributed by atoms with Crippen LogP contribution in [0.3, 0.4) is 0 Å². The molecule has 5 heteroatoms. The molecule has 3 aromatic rings. The van der Waals surface area contributed by atoms with E-state index in [2.05, 4.69) is 48.6 Å². The van der Waals surface area contributed by atoms with Gasteiger partial charge in [-0.25, -0.2) is 4.79 Å². The number of ether oxygens (including phenoxy) is 3. The molecule has 0 saturated heterocycles. The van der Waals surface area contributed by atoms with Crippen LogP contribution in [0.15, 0.2) is 84.9 Å². The summed E-state index contributed by atoms with van der Waals surface area (Å²) in [6, 6.07) is 26.3. The molecule has 3 aromatic carbocycles. The van der Waals surface area contributed by atoms with Crippen molar-refractivity contribution in [1.29, 1.82) is 0 Å². The summed E-state index contributed by atoms with van der Waals surface area (Å²) in [5.41, 5.74) is 4.14. The highest BCUT2D eigenvalue weighted by Crippen LogP contribution is 2.24. The number of carbonyl (C=O) groups is 2. The topological polar surface area (TPSA) is 61.8 Å². The number of esters is 2. The van der Waals surface area contributed by atoms with Crippen molar-refractivity contribution in [2.75, 3.05) is 20.8 Å². The molecular formula is C35H42O5. The molecule has 40 heavy (non-hydrogen) atoms. The molecule has 1 unspecified atom stereocenters. The average molecular weight is 543 g/mol. The fraction of sp³-hybridized carbons (Fsp3) is 0.371. The number of carbonyl (C=O) groups excluding carboxylic acids is 2. The molecule has 212 valence electrons. The first kappa shape index (κ1) is 30.7. The van der Waals surface area contributed by atoms with Crippen molar-refractivity contribution in [3.63, 3.8) is 0 Å². The van der Waals surface area contributed by atoms with E-state index >= 15 is 0 Å². The zero-order chi connectivity index (χ0) is 28.4. The highest BCUT2D eigenvalue weighted by atomic mass is 16.5. The van der Waals surface area contributed by atoms with Crippen LogP contribution in [-0.4, -0.2) is 32.8 Å². The maximum Gasteiger partial charge on any atom is 0.337 e. The molecule has 3 rings (SSSR count). The number of allylic oxidation sites excluding steroid dienone is 1. The van der Waals surface area contributed by atoms with E-state index < -0.39 is 0 Å². The second kappa shape index (κ2) is 17.7. The summed E-state index contributed by atoms with van der Waals surface area (Å²) in [5, 5.41) is 0. The van der Waals surface area contributed by atoms with Gasteiger partial charge in [0.25, 0.3) is 0 Å². The van der Waals surface area contributed by atoms with Crippen LogP contribution in [0.1, 0.15) is 72.0 Å². The minimum atomic E-state index is -0.335. The van der Waals surface area contributed by atoms with E-state index in [4.69, 9.17) is 14.2 Å². The smallest absolute Gasteiger partial charge is 0.337 e. The summed E-state index contributed by atoms with van der Waals surface area (Å²) in [7, 11) is 2.81. The second-order valence-corrected chi connectivity index (χ2v) is 10.0. The molecular weight excluding hydrogens is 500 g/mol. The predicted molar refractivity (Wildman–Crippen MR) is 160 cm³/mol. The maximum atomic E-state index is 11.8. The van der Waals surface area contributed by atoms with Crippen molar-refractivity contribution in [3.8, 4) is 5.75 Å². The molecule has 0 radical (unpaired) electrons. The number of unbranched alkanes of at least 4 members (excludes halogenated alkanes) is 3. The Morgan fingerprint density at radius 2 is 1.50 bits per heavy atom. The van der Waals surface area contributed by atoms with E-state index in [1.807, 2.05) is 42.5 Å². The van der Waals surface area contributed by atoms with Gasteiger partial charge in [0.15, 0.2) is 0 Å². The first-order valence-corrected chi connectivity index (χ1v) is 14.3. The molecule has 1 atom stereocenters. The molecule has 0 spiro atoms. The number of para-hydroxylation sites is 1. The molecule has 0 aliphatic carbocycles. The summed E-state index contributed by atoms with van der Waals surface area (Å²) in [4.78, 5) is 23.3. The summed E-state index contributed by atoms with van der Waals surface area (Å²) >= 11 is 0. The fourth-order valence-electron chi connectivity index (χ4n) is 4.67. The van der Waals surface area contributed by atoms with Gasteiger partial charge in [-0.15, -0.1) is 0 Å². The standard InChI is InChI=1S/C35H42O5/c1-38-34(36)19-11-8-16-29(27-30-21-24-32(25-22-30)35(37)39-2)20-23-31-17-9-10-18-33(31)40-26-12-4-7-15-28-13-5-3-6-14-28/h3,5-6,9-10,13-14,17-18,20-25,29H,4,7-8,11-12,15-16,19,26-27H2,1-2H3/b23-20+. The lowest BCUT2D eigenvalue weighted by atomic mass is 9.92. The first-order valence-electron chi connectivity index (χ1n) is 14.3. The van der Waals surface area contributed by atoms with Crippen LogP contribution >= 0.6 is 0 Å². The number of rotatable bonds is 17. The molecule has 0 aliphatic heterocycles. The predicted octanol–water partition coefficient (Wildman–Crippen LogP) is 7.87. The van der Waals surface area contributed by atoms with Gasteiger partial charge in [-0.3, -0.25) is 4.79 Å². The van der Waals surface area contributed by atoms with Crippen LogP contribution < -0.4 is 4.74 Å². The van der Waals surface area contributed by atoms with Gasteiger partial charge in [0.05, 0.1) is 26.4 Å². The Bertz CT molecular complexity index is 1180. The van der Waals surface area contributed by atoms with E-state index in [0.29, 0.717) is 18.6 Å². The molecule has 0 fully saturated rings. The number of methoxy groups -OCH3 is 2. The van der Waals surface area contributed by atoms with E-state index in [9.17, 15) is 9.59 Å². The number of benzene rings is 3. The molecule has 0 saturated carbocycles. The van der Waals surface area contributed by atoms with Gasteiger partial charge in [-0.1, -0.05) is 79.2 Å². The van der Waals surface area contributed by atoms with E-state index in [1.165, 1.54) is 19.8 Å². The number of hydrogen-bond acceptors (Lipinski definition) is 5. The summed E-state index contributed by atoms with van der Waals surface area (Å²) in [6.07, 6.45) is 12.7. The third-order valence-electron chi connectivity index (χ3n) is 6.98. The van der Waals surface area contributed by atoms with Gasteiger partial charge >= 0.3 is 11.9 Å². The fourth-order valence-corrected chi connectivity index (χ4v) is 4.67. The van der Waals surface area contributed by atoms with Crippen LogP contribution in [0.25, 0.3) is 6.08 Å². The normalized spacial score (nSPS) is 11.8. The van der Waals surface area contributed by atoms with Crippen LogP contribution in [-0.2, 0) is 27.1 Å². The van der Waals surface area contributed by atoms with Crippen LogP contribution in [0.4, 0.5) is 0 Å². The van der Waals surface area contributed by atoms with Gasteiger partial charge in [-0.05, 0) is 80.2 Å². The van der Waals surface area contributed by atoms with E-state index in [-0.39, 0.29) is 17.9 Å². The number of hydrogen-bond donors (Lipinski definition) is 0. The van der Waals surface area contributed by atoms with Crippen LogP contribution in [0.2, 0.25) is 0 Å². The van der Waals surface area contributed by atoms with Gasteiger partial charge in [0.2, 0.25) is 0 Å². The quantitative estimate of drug-likeness (QED) is 0.128. The SMILES string of the molecule is COC(=O)CCCCC(/C=C/c1ccccc1OCCCCCc1ccccc1)Cc1ccc(C(=O)OC)cc1. The molecule has 0 bridgehead atoms. The van der Waals surface area contributed by atoms with Crippen molar-refractivity contribution in [3.05, 3.63) is 107 Å². The Morgan fingerprint density at radius 1 is 0.750 bits per heavy atom. The van der Waals surface area contributed by atoms with Gasteiger partial charge < -0.3 is 14.2 Å².